The minimum Gasteiger partial charge on any atom is -0.330 e. The third kappa shape index (κ3) is 1.90. The quantitative estimate of drug-likeness (QED) is 0.871. The average molecular weight is 228 g/mol. The number of fused-ring (bicyclic) bond motifs is 1. The molecule has 0 radical (unpaired) electrons. The Kier molecular flexibility index (Phi) is 2.86. The van der Waals surface area contributed by atoms with E-state index in [0.29, 0.717) is 12.2 Å². The van der Waals surface area contributed by atoms with E-state index in [-0.39, 0.29) is 5.41 Å². The number of pyridine rings is 1. The molecule has 0 aliphatic rings. The Morgan fingerprint density at radius 3 is 2.88 bits per heavy atom. The van der Waals surface area contributed by atoms with E-state index in [1.54, 1.807) is 0 Å². The molecule has 0 saturated carbocycles. The monoisotopic (exact) mass is 228 g/mol. The van der Waals surface area contributed by atoms with Gasteiger partial charge in [0.05, 0.1) is 5.52 Å². The minimum atomic E-state index is -0.131. The number of rotatable bonds is 3. The SMILES string of the molecule is CC(C)(CCN)c1nc(C#N)c2ccccn12. The zero-order valence-corrected chi connectivity index (χ0v) is 10.1. The topological polar surface area (TPSA) is 67.1 Å². The Balaban J connectivity index is 2.67. The largest absolute Gasteiger partial charge is 0.330 e. The van der Waals surface area contributed by atoms with Crippen molar-refractivity contribution in [2.45, 2.75) is 25.7 Å². The van der Waals surface area contributed by atoms with E-state index in [1.807, 2.05) is 28.8 Å². The molecule has 4 heteroatoms. The summed E-state index contributed by atoms with van der Waals surface area (Å²) in [7, 11) is 0. The lowest BCUT2D eigenvalue weighted by Gasteiger charge is -2.22. The number of imidazole rings is 1. The van der Waals surface area contributed by atoms with Crippen molar-refractivity contribution in [3.63, 3.8) is 0 Å². The number of nitriles is 1. The van der Waals surface area contributed by atoms with Crippen molar-refractivity contribution in [3.8, 4) is 6.07 Å². The Morgan fingerprint density at radius 2 is 2.24 bits per heavy atom. The number of hydrogen-bond acceptors (Lipinski definition) is 3. The van der Waals surface area contributed by atoms with Gasteiger partial charge < -0.3 is 10.1 Å². The Hall–Kier alpha value is -1.86. The van der Waals surface area contributed by atoms with E-state index in [4.69, 9.17) is 11.0 Å². The van der Waals surface area contributed by atoms with Gasteiger partial charge in [-0.05, 0) is 25.1 Å². The summed E-state index contributed by atoms with van der Waals surface area (Å²) >= 11 is 0. The lowest BCUT2D eigenvalue weighted by atomic mass is 9.88. The molecule has 0 atom stereocenters. The predicted octanol–water partition coefficient (Wildman–Crippen LogP) is 1.83. The van der Waals surface area contributed by atoms with Crippen LogP contribution >= 0.6 is 0 Å². The zero-order valence-electron chi connectivity index (χ0n) is 10.1. The molecule has 0 aromatic carbocycles. The third-order valence-corrected chi connectivity index (χ3v) is 3.03. The average Bonchev–Trinajstić information content (AvgIpc) is 2.68. The van der Waals surface area contributed by atoms with Crippen LogP contribution in [0, 0.1) is 11.3 Å². The summed E-state index contributed by atoms with van der Waals surface area (Å²) in [5, 5.41) is 9.09. The molecule has 2 N–H and O–H groups in total. The minimum absolute atomic E-state index is 0.131. The van der Waals surface area contributed by atoms with Gasteiger partial charge in [0.15, 0.2) is 5.69 Å². The second kappa shape index (κ2) is 4.19. The van der Waals surface area contributed by atoms with Gasteiger partial charge >= 0.3 is 0 Å². The molecule has 2 heterocycles. The maximum atomic E-state index is 9.09. The highest BCUT2D eigenvalue weighted by Crippen LogP contribution is 2.27. The van der Waals surface area contributed by atoms with Crippen LogP contribution < -0.4 is 5.73 Å². The standard InChI is InChI=1S/C13H16N4/c1-13(2,6-7-14)12-16-10(9-15)11-5-3-4-8-17(11)12/h3-5,8H,6-7,14H2,1-2H3. The van der Waals surface area contributed by atoms with Gasteiger partial charge in [-0.25, -0.2) is 4.98 Å². The first kappa shape index (κ1) is 11.6. The van der Waals surface area contributed by atoms with Gasteiger partial charge in [-0.15, -0.1) is 0 Å². The van der Waals surface area contributed by atoms with Crippen LogP contribution in [0.15, 0.2) is 24.4 Å². The molecule has 88 valence electrons. The maximum Gasteiger partial charge on any atom is 0.166 e. The second-order valence-electron chi connectivity index (χ2n) is 4.77. The molecule has 0 fully saturated rings. The second-order valence-corrected chi connectivity index (χ2v) is 4.77. The van der Waals surface area contributed by atoms with Crippen molar-refractivity contribution in [1.82, 2.24) is 9.38 Å². The van der Waals surface area contributed by atoms with E-state index in [0.717, 1.165) is 17.8 Å². The van der Waals surface area contributed by atoms with Gasteiger partial charge in [0.2, 0.25) is 0 Å². The Labute approximate surface area is 101 Å². The summed E-state index contributed by atoms with van der Waals surface area (Å²) in [4.78, 5) is 4.44. The fourth-order valence-electron chi connectivity index (χ4n) is 2.07. The van der Waals surface area contributed by atoms with E-state index in [2.05, 4.69) is 24.9 Å². The molecule has 0 aliphatic carbocycles. The molecule has 2 aromatic rings. The molecule has 4 nitrogen and oxygen atoms in total. The molecule has 17 heavy (non-hydrogen) atoms. The molecule has 0 spiro atoms. The van der Waals surface area contributed by atoms with Crippen LogP contribution in [0.2, 0.25) is 0 Å². The van der Waals surface area contributed by atoms with Crippen LogP contribution in [0.25, 0.3) is 5.52 Å². The van der Waals surface area contributed by atoms with Gasteiger partial charge in [0, 0.05) is 11.6 Å². The molecule has 2 aromatic heterocycles. The number of hydrogen-bond donors (Lipinski definition) is 1. The van der Waals surface area contributed by atoms with Crippen LogP contribution in [0.1, 0.15) is 31.8 Å². The number of nitrogens with zero attached hydrogens (tertiary/aromatic N) is 3. The summed E-state index contributed by atoms with van der Waals surface area (Å²) in [6.07, 6.45) is 2.78. The molecular weight excluding hydrogens is 212 g/mol. The van der Waals surface area contributed by atoms with Crippen molar-refractivity contribution in [1.29, 1.82) is 5.26 Å². The molecule has 0 amide bonds. The molecule has 0 bridgehead atoms. The molecular formula is C13H16N4. The van der Waals surface area contributed by atoms with E-state index in [9.17, 15) is 0 Å². The Bertz CT molecular complexity index is 575. The first-order valence-electron chi connectivity index (χ1n) is 5.68. The normalized spacial score (nSPS) is 11.6. The van der Waals surface area contributed by atoms with Crippen molar-refractivity contribution in [2.75, 3.05) is 6.54 Å². The van der Waals surface area contributed by atoms with Crippen molar-refractivity contribution in [2.24, 2.45) is 5.73 Å². The summed E-state index contributed by atoms with van der Waals surface area (Å²) in [6, 6.07) is 7.91. The van der Waals surface area contributed by atoms with Crippen LogP contribution in [-0.2, 0) is 5.41 Å². The van der Waals surface area contributed by atoms with Gasteiger partial charge in [0.1, 0.15) is 11.9 Å². The highest BCUT2D eigenvalue weighted by atomic mass is 15.0. The van der Waals surface area contributed by atoms with E-state index < -0.39 is 0 Å². The fraction of sp³-hybridized carbons (Fsp3) is 0.385. The van der Waals surface area contributed by atoms with Gasteiger partial charge in [-0.1, -0.05) is 19.9 Å². The number of aromatic nitrogens is 2. The lowest BCUT2D eigenvalue weighted by molar-refractivity contribution is 0.455. The number of nitrogens with two attached hydrogens (primary N) is 1. The summed E-state index contributed by atoms with van der Waals surface area (Å²) in [5.74, 6) is 0.898. The van der Waals surface area contributed by atoms with Crippen LogP contribution in [0.3, 0.4) is 0 Å². The molecule has 0 aliphatic heterocycles. The molecule has 2 rings (SSSR count). The van der Waals surface area contributed by atoms with Gasteiger partial charge in [-0.3, -0.25) is 0 Å². The van der Waals surface area contributed by atoms with Crippen LogP contribution in [-0.4, -0.2) is 15.9 Å². The molecule has 0 saturated heterocycles. The van der Waals surface area contributed by atoms with Crippen molar-refractivity contribution >= 4 is 5.52 Å². The Morgan fingerprint density at radius 1 is 1.47 bits per heavy atom. The lowest BCUT2D eigenvalue weighted by Crippen LogP contribution is -2.24. The molecule has 0 unspecified atom stereocenters. The van der Waals surface area contributed by atoms with Gasteiger partial charge in [0.25, 0.3) is 0 Å². The van der Waals surface area contributed by atoms with Crippen LogP contribution in [0.5, 0.6) is 0 Å². The van der Waals surface area contributed by atoms with E-state index in [1.165, 1.54) is 0 Å². The van der Waals surface area contributed by atoms with Crippen molar-refractivity contribution < 1.29 is 0 Å². The van der Waals surface area contributed by atoms with Crippen LogP contribution in [0.4, 0.5) is 0 Å². The summed E-state index contributed by atoms with van der Waals surface area (Å²) < 4.78 is 1.98. The highest BCUT2D eigenvalue weighted by Gasteiger charge is 2.26. The first-order chi connectivity index (χ1) is 8.10. The van der Waals surface area contributed by atoms with E-state index >= 15 is 0 Å². The fourth-order valence-corrected chi connectivity index (χ4v) is 2.07. The first-order valence-corrected chi connectivity index (χ1v) is 5.68. The zero-order chi connectivity index (χ0) is 12.5. The smallest absolute Gasteiger partial charge is 0.166 e. The predicted molar refractivity (Wildman–Crippen MR) is 66.6 cm³/mol. The highest BCUT2D eigenvalue weighted by molar-refractivity contribution is 5.59. The van der Waals surface area contributed by atoms with Gasteiger partial charge in [-0.2, -0.15) is 5.26 Å². The van der Waals surface area contributed by atoms with Crippen molar-refractivity contribution in [3.05, 3.63) is 35.9 Å². The summed E-state index contributed by atoms with van der Waals surface area (Å²) in [5.41, 5.74) is 6.84. The third-order valence-electron chi connectivity index (χ3n) is 3.03. The summed E-state index contributed by atoms with van der Waals surface area (Å²) in [6.45, 7) is 4.81. The maximum absolute atomic E-state index is 9.09.